The average molecular weight is 2050 g/mol. The molecule has 8 aromatic heterocycles. The van der Waals surface area contributed by atoms with Crippen molar-refractivity contribution in [3.8, 4) is 0 Å². The highest BCUT2D eigenvalue weighted by Crippen LogP contribution is 2.41. The Morgan fingerprint density at radius 2 is 0.576 bits per heavy atom. The summed E-state index contributed by atoms with van der Waals surface area (Å²) in [5.41, 5.74) is 9.23. The van der Waals surface area contributed by atoms with Crippen LogP contribution in [0.15, 0.2) is 97.6 Å². The van der Waals surface area contributed by atoms with Crippen LogP contribution >= 0.6 is 92.8 Å². The SMILES string of the molecule is CC(=O)c1nn(C(C)c2ccc(Cl)cc2Cl)c2nc(N3CCC(N4CCCCC4)C(C)C3)cnc12.CC(=O)c1nn(C(C)c2ccc(Cl)cc2Cl)c2nc(N3CCC(N4CCCCC4)C(C)C3)cnc12.CC(=O)c1nn(C(C)c2ccc(Cl)cc2Cl)c2nc(N3CCC(N4CCCCC4)CC3)cnc12.CC(=O)c1nn(C(C)c2ccc(Cl)cc2Cl)c2nc(N3CCC(N4CCCCC4C)CC3)cnc12. The molecule has 9 unspecified atom stereocenters. The largest absolute Gasteiger partial charge is 0.355 e. The lowest BCUT2D eigenvalue weighted by molar-refractivity contribution is 0.0896. The highest BCUT2D eigenvalue weighted by Gasteiger charge is 2.39. The first kappa shape index (κ1) is 102. The van der Waals surface area contributed by atoms with Crippen LogP contribution in [0.3, 0.4) is 0 Å². The number of rotatable bonds is 20. The number of aromatic nitrogens is 16. The van der Waals surface area contributed by atoms with E-state index in [4.69, 9.17) is 113 Å². The van der Waals surface area contributed by atoms with Crippen molar-refractivity contribution in [3.63, 3.8) is 0 Å². The Bertz CT molecular complexity index is 6240. The molecule has 4 aromatic carbocycles. The maximum atomic E-state index is 12.4. The lowest BCUT2D eigenvalue weighted by atomic mass is 9.91. The van der Waals surface area contributed by atoms with Gasteiger partial charge in [0.25, 0.3) is 0 Å². The standard InChI is InChI=1S/3C26H32Cl2N6O.C25H30Cl2N6O/c1-16-6-4-5-11-33(16)20-9-12-32(13-10-20)23-15-29-25-24(18(3)35)31-34(26(25)30-23)17(2)21-8-7-19(27)14-22(21)28;2*1-16-15-33(12-9-22(16)32-10-5-4-6-11-32)23-14-29-25-24(18(3)35)31-34(26(25)30-23)17(2)20-8-7-19(27)13-21(20)28;1-16(20-7-6-18(26)14-21(20)27)33-25-24(23(30-33)17(2)34)28-15-22(29-25)32-12-8-19(9-13-32)31-10-4-3-5-11-31/h7-8,14-17,20H,4-6,9-13H2,1-3H3;2*7-8,13-14,16-17,22H,4-6,9-12,15H2,1-3H3;6-7,14-16,19H,3-5,8-13H2,1-2H3. The number of halogens is 8. The first-order chi connectivity index (χ1) is 66.9. The Labute approximate surface area is 853 Å². The Morgan fingerprint density at radius 1 is 0.309 bits per heavy atom. The number of ketones is 4. The summed E-state index contributed by atoms with van der Waals surface area (Å²) in [5, 5.41) is 23.0. The van der Waals surface area contributed by atoms with Gasteiger partial charge in [-0.15, -0.1) is 0 Å². The Morgan fingerprint density at radius 3 is 0.849 bits per heavy atom. The minimum Gasteiger partial charge on any atom is -0.355 e. The molecular weight excluding hydrogens is 1920 g/mol. The molecule has 8 aliphatic rings. The smallest absolute Gasteiger partial charge is 0.182 e. The van der Waals surface area contributed by atoms with Gasteiger partial charge in [-0.1, -0.05) is 157 Å². The number of fused-ring (bicyclic) bond motifs is 4. The van der Waals surface area contributed by atoms with Crippen LogP contribution in [0.1, 0.15) is 280 Å². The number of anilines is 4. The zero-order valence-corrected chi connectivity index (χ0v) is 87.4. The predicted octanol–water partition coefficient (Wildman–Crippen LogP) is 22.5. The topological polar surface area (TPSA) is 269 Å². The monoisotopic (exact) mass is 2040 g/mol. The summed E-state index contributed by atoms with van der Waals surface area (Å²) < 4.78 is 7.06. The van der Waals surface area contributed by atoms with Gasteiger partial charge in [-0.3, -0.25) is 33.9 Å². The average Bonchev–Trinajstić information content (AvgIpc) is 1.64. The molecule has 28 nitrogen and oxygen atoms in total. The van der Waals surface area contributed by atoms with Crippen molar-refractivity contribution < 1.29 is 19.2 Å². The number of hydrogen-bond donors (Lipinski definition) is 0. The number of carbonyl (C=O) groups excluding carboxylic acids is 4. The number of Topliss-reactive ketones (excluding diaryl/α,β-unsaturated/α-hetero) is 4. The minimum absolute atomic E-state index is 0.137. The molecule has 36 heteroatoms. The number of piperidine rings is 8. The maximum Gasteiger partial charge on any atom is 0.182 e. The lowest BCUT2D eigenvalue weighted by Gasteiger charge is -2.44. The molecule has 0 saturated carbocycles. The van der Waals surface area contributed by atoms with Gasteiger partial charge in [0.2, 0.25) is 0 Å². The second-order valence-electron chi connectivity index (χ2n) is 39.2. The first-order valence-corrected chi connectivity index (χ1v) is 52.8. The Kier molecular flexibility index (Phi) is 32.9. The van der Waals surface area contributed by atoms with Gasteiger partial charge in [0.15, 0.2) is 68.5 Å². The molecule has 0 radical (unpaired) electrons. The molecule has 0 bridgehead atoms. The van der Waals surface area contributed by atoms with Gasteiger partial charge in [-0.2, -0.15) is 20.4 Å². The second-order valence-corrected chi connectivity index (χ2v) is 42.6. The van der Waals surface area contributed by atoms with Gasteiger partial charge in [-0.05, 0) is 253 Å². The summed E-state index contributed by atoms with van der Waals surface area (Å²) in [7, 11) is 0. The van der Waals surface area contributed by atoms with Crippen molar-refractivity contribution in [2.24, 2.45) is 11.8 Å². The van der Waals surface area contributed by atoms with Crippen molar-refractivity contribution >= 4 is 184 Å². The zero-order valence-electron chi connectivity index (χ0n) is 81.3. The normalized spacial score (nSPS) is 21.2. The number of likely N-dealkylation sites (tertiary alicyclic amines) is 4. The molecule has 8 aliphatic heterocycles. The van der Waals surface area contributed by atoms with E-state index in [9.17, 15) is 19.2 Å². The lowest BCUT2D eigenvalue weighted by Crippen LogP contribution is -2.51. The summed E-state index contributed by atoms with van der Waals surface area (Å²) in [5.74, 6) is 3.85. The fourth-order valence-electron chi connectivity index (χ4n) is 22.2. The van der Waals surface area contributed by atoms with Crippen LogP contribution in [-0.2, 0) is 0 Å². The molecule has 8 saturated heterocycles. The Balaban J connectivity index is 0.000000128. The van der Waals surface area contributed by atoms with E-state index in [0.717, 1.165) is 136 Å². The fraction of sp³-hybridized carbons (Fsp3) is 0.534. The maximum absolute atomic E-state index is 12.4. The van der Waals surface area contributed by atoms with E-state index in [1.165, 1.54) is 151 Å². The third-order valence-corrected chi connectivity index (χ3v) is 32.2. The molecular formula is C103H126Cl8N24O4. The van der Waals surface area contributed by atoms with Gasteiger partial charge < -0.3 is 24.5 Å². The summed E-state index contributed by atoms with van der Waals surface area (Å²) in [4.78, 5) is 108. The van der Waals surface area contributed by atoms with Crippen molar-refractivity contribution in [1.29, 1.82) is 0 Å². The number of carbonyl (C=O) groups is 4. The molecule has 139 heavy (non-hydrogen) atoms. The van der Waals surface area contributed by atoms with Gasteiger partial charge in [0.05, 0.1) is 49.0 Å². The molecule has 12 aromatic rings. The number of benzene rings is 4. The summed E-state index contributed by atoms with van der Waals surface area (Å²) in [6.07, 6.45) is 29.8. The quantitative estimate of drug-likeness (QED) is 0.0641. The predicted molar refractivity (Wildman–Crippen MR) is 559 cm³/mol. The molecule has 0 spiro atoms. The molecule has 20 rings (SSSR count). The molecule has 8 fully saturated rings. The van der Waals surface area contributed by atoms with E-state index in [-0.39, 0.29) is 47.3 Å². The molecule has 738 valence electrons. The van der Waals surface area contributed by atoms with Crippen LogP contribution in [0.5, 0.6) is 0 Å². The molecule has 0 aliphatic carbocycles. The second kappa shape index (κ2) is 45.0. The van der Waals surface area contributed by atoms with Gasteiger partial charge in [0, 0.05) is 150 Å². The first-order valence-electron chi connectivity index (χ1n) is 49.7. The molecule has 9 atom stereocenters. The molecule has 16 heterocycles. The van der Waals surface area contributed by atoms with E-state index in [2.05, 4.69) is 100 Å². The van der Waals surface area contributed by atoms with Crippen molar-refractivity contribution in [2.45, 2.75) is 246 Å². The molecule has 0 amide bonds. The van der Waals surface area contributed by atoms with Gasteiger partial charge >= 0.3 is 0 Å². The van der Waals surface area contributed by atoms with Crippen LogP contribution in [0.4, 0.5) is 23.3 Å². The minimum atomic E-state index is -0.247. The highest BCUT2D eigenvalue weighted by atomic mass is 35.5. The van der Waals surface area contributed by atoms with E-state index in [1.807, 2.05) is 64.1 Å². The number of nitrogens with zero attached hydrogens (tertiary/aromatic N) is 24. The van der Waals surface area contributed by atoms with Crippen LogP contribution in [0.25, 0.3) is 44.7 Å². The van der Waals surface area contributed by atoms with Gasteiger partial charge in [-0.25, -0.2) is 58.6 Å². The van der Waals surface area contributed by atoms with Crippen LogP contribution < -0.4 is 19.6 Å². The van der Waals surface area contributed by atoms with E-state index in [0.29, 0.717) is 150 Å². The molecule has 0 N–H and O–H groups in total. The third-order valence-electron chi connectivity index (χ3n) is 29.9. The van der Waals surface area contributed by atoms with E-state index in [1.54, 1.807) is 79.9 Å². The van der Waals surface area contributed by atoms with Crippen molar-refractivity contribution in [2.75, 3.05) is 118 Å². The van der Waals surface area contributed by atoms with Crippen LogP contribution in [0.2, 0.25) is 40.2 Å². The fourth-order valence-corrected chi connectivity index (χ4v) is 24.5. The third kappa shape index (κ3) is 22.6. The summed E-state index contributed by atoms with van der Waals surface area (Å²) in [6, 6.07) is 23.9. The van der Waals surface area contributed by atoms with Crippen molar-refractivity contribution in [1.82, 2.24) is 98.6 Å². The summed E-state index contributed by atoms with van der Waals surface area (Å²) >= 11 is 50.4. The highest BCUT2D eigenvalue weighted by molar-refractivity contribution is 6.37. The van der Waals surface area contributed by atoms with Gasteiger partial charge in [0.1, 0.15) is 45.3 Å². The van der Waals surface area contributed by atoms with Crippen molar-refractivity contribution in [3.05, 3.63) is 183 Å². The van der Waals surface area contributed by atoms with E-state index < -0.39 is 0 Å². The number of hydrogen-bond acceptors (Lipinski definition) is 24. The van der Waals surface area contributed by atoms with Crippen LogP contribution in [0, 0.1) is 11.8 Å². The zero-order chi connectivity index (χ0) is 97.9. The Hall–Kier alpha value is -8.88. The van der Waals surface area contributed by atoms with Crippen LogP contribution in [-0.4, -0.2) is 250 Å². The van der Waals surface area contributed by atoms with E-state index >= 15 is 0 Å². The summed E-state index contributed by atoms with van der Waals surface area (Å²) in [6.45, 7) is 37.2.